The van der Waals surface area contributed by atoms with Crippen molar-refractivity contribution in [2.75, 3.05) is 11.9 Å². The third-order valence-corrected chi connectivity index (χ3v) is 4.09. The number of nitrogens with zero attached hydrogens (tertiary/aromatic N) is 1. The summed E-state index contributed by atoms with van der Waals surface area (Å²) in [5, 5.41) is 3.08. The average Bonchev–Trinajstić information content (AvgIpc) is 2.94. The van der Waals surface area contributed by atoms with Crippen LogP contribution in [0, 0.1) is 5.82 Å². The lowest BCUT2D eigenvalue weighted by molar-refractivity contribution is -0.137. The number of aromatic nitrogens is 2. The number of H-pyrrole nitrogens is 1. The van der Waals surface area contributed by atoms with Gasteiger partial charge >= 0.3 is 6.18 Å². The summed E-state index contributed by atoms with van der Waals surface area (Å²) < 4.78 is 52.4. The van der Waals surface area contributed by atoms with Crippen LogP contribution in [0.25, 0.3) is 11.0 Å². The predicted octanol–water partition coefficient (Wildman–Crippen LogP) is 5.11. The predicted molar refractivity (Wildman–Crippen MR) is 89.0 cm³/mol. The van der Waals surface area contributed by atoms with E-state index < -0.39 is 23.0 Å². The average molecular weight is 351 g/mol. The van der Waals surface area contributed by atoms with Gasteiger partial charge < -0.3 is 10.3 Å². The Balaban J connectivity index is 1.82. The second-order valence-corrected chi connectivity index (χ2v) is 6.57. The first-order valence-corrected chi connectivity index (χ1v) is 7.72. The van der Waals surface area contributed by atoms with Crippen LogP contribution in [0.4, 0.5) is 23.5 Å². The number of nitrogens with one attached hydrogen (secondary N) is 2. The fraction of sp³-hybridized carbons (Fsp3) is 0.278. The van der Waals surface area contributed by atoms with Crippen LogP contribution >= 0.6 is 0 Å². The Morgan fingerprint density at radius 3 is 2.40 bits per heavy atom. The SMILES string of the molecule is CC(C)(CNc1nc2ccccc2[nH]1)c1cc(F)cc(C(F)(F)F)c1. The number of rotatable bonds is 4. The molecule has 7 heteroatoms. The molecule has 25 heavy (non-hydrogen) atoms. The van der Waals surface area contributed by atoms with Crippen molar-refractivity contribution in [3.8, 4) is 0 Å². The molecule has 0 amide bonds. The second kappa shape index (κ2) is 6.06. The van der Waals surface area contributed by atoms with Gasteiger partial charge in [0.25, 0.3) is 0 Å². The Kier molecular flexibility index (Phi) is 4.18. The molecule has 3 nitrogen and oxygen atoms in total. The molecular weight excluding hydrogens is 334 g/mol. The molecule has 132 valence electrons. The molecule has 0 aliphatic rings. The van der Waals surface area contributed by atoms with Crippen LogP contribution in [0.1, 0.15) is 25.0 Å². The fourth-order valence-electron chi connectivity index (χ4n) is 2.59. The van der Waals surface area contributed by atoms with Gasteiger partial charge in [-0.1, -0.05) is 26.0 Å². The van der Waals surface area contributed by atoms with Crippen molar-refractivity contribution in [1.29, 1.82) is 0 Å². The Morgan fingerprint density at radius 2 is 1.72 bits per heavy atom. The van der Waals surface area contributed by atoms with Gasteiger partial charge in [-0.2, -0.15) is 13.2 Å². The molecule has 1 heterocycles. The standard InChI is InChI=1S/C18H17F4N3/c1-17(2,11-7-12(18(20,21)22)9-13(19)8-11)10-23-16-24-14-5-3-4-6-15(14)25-16/h3-9H,10H2,1-2H3,(H2,23,24,25). The zero-order chi connectivity index (χ0) is 18.2. The van der Waals surface area contributed by atoms with Crippen LogP contribution in [0.5, 0.6) is 0 Å². The molecule has 0 aliphatic heterocycles. The molecule has 0 fully saturated rings. The summed E-state index contributed by atoms with van der Waals surface area (Å²) >= 11 is 0. The summed E-state index contributed by atoms with van der Waals surface area (Å²) in [6, 6.07) is 10.1. The van der Waals surface area contributed by atoms with Gasteiger partial charge in [0.1, 0.15) is 5.82 Å². The topological polar surface area (TPSA) is 40.7 Å². The number of anilines is 1. The van der Waals surface area contributed by atoms with E-state index in [0.717, 1.165) is 23.2 Å². The van der Waals surface area contributed by atoms with Crippen molar-refractivity contribution in [2.45, 2.75) is 25.4 Å². The molecule has 2 aromatic carbocycles. The molecule has 0 saturated heterocycles. The van der Waals surface area contributed by atoms with Crippen LogP contribution in [-0.2, 0) is 11.6 Å². The van der Waals surface area contributed by atoms with Gasteiger partial charge in [0, 0.05) is 12.0 Å². The molecule has 1 aromatic heterocycles. The van der Waals surface area contributed by atoms with E-state index in [1.165, 1.54) is 0 Å². The number of hydrogen-bond donors (Lipinski definition) is 2. The summed E-state index contributed by atoms with van der Waals surface area (Å²) in [7, 11) is 0. The summed E-state index contributed by atoms with van der Waals surface area (Å²) in [4.78, 5) is 7.45. The van der Waals surface area contributed by atoms with E-state index >= 15 is 0 Å². The number of aromatic amines is 1. The Morgan fingerprint density at radius 1 is 1.04 bits per heavy atom. The smallest absolute Gasteiger partial charge is 0.355 e. The lowest BCUT2D eigenvalue weighted by atomic mass is 9.83. The van der Waals surface area contributed by atoms with Crippen molar-refractivity contribution >= 4 is 17.0 Å². The second-order valence-electron chi connectivity index (χ2n) is 6.57. The third-order valence-electron chi connectivity index (χ3n) is 4.09. The van der Waals surface area contributed by atoms with E-state index in [0.29, 0.717) is 12.0 Å². The molecule has 0 aliphatic carbocycles. The first-order valence-electron chi connectivity index (χ1n) is 7.72. The number of benzene rings is 2. The summed E-state index contributed by atoms with van der Waals surface area (Å²) in [6.45, 7) is 3.78. The zero-order valence-electron chi connectivity index (χ0n) is 13.7. The highest BCUT2D eigenvalue weighted by molar-refractivity contribution is 5.77. The summed E-state index contributed by atoms with van der Waals surface area (Å²) in [5.74, 6) is -0.386. The van der Waals surface area contributed by atoms with E-state index in [1.807, 2.05) is 24.3 Å². The summed E-state index contributed by atoms with van der Waals surface area (Å²) in [5.41, 5.74) is 0.185. The number of hydrogen-bond acceptors (Lipinski definition) is 2. The molecule has 0 spiro atoms. The van der Waals surface area contributed by atoms with Crippen LogP contribution in [-0.4, -0.2) is 16.5 Å². The van der Waals surface area contributed by atoms with E-state index in [2.05, 4.69) is 15.3 Å². The minimum Gasteiger partial charge on any atom is -0.355 e. The number of para-hydroxylation sites is 2. The minimum absolute atomic E-state index is 0.267. The highest BCUT2D eigenvalue weighted by Crippen LogP contribution is 2.34. The minimum atomic E-state index is -4.58. The van der Waals surface area contributed by atoms with Crippen LogP contribution in [0.3, 0.4) is 0 Å². The zero-order valence-corrected chi connectivity index (χ0v) is 13.7. The van der Waals surface area contributed by atoms with Crippen molar-refractivity contribution in [1.82, 2.24) is 9.97 Å². The monoisotopic (exact) mass is 351 g/mol. The van der Waals surface area contributed by atoms with Gasteiger partial charge in [0.15, 0.2) is 0 Å². The molecule has 0 unspecified atom stereocenters. The largest absolute Gasteiger partial charge is 0.416 e. The van der Waals surface area contributed by atoms with Gasteiger partial charge in [-0.25, -0.2) is 9.37 Å². The first-order chi connectivity index (χ1) is 11.6. The molecular formula is C18H17F4N3. The van der Waals surface area contributed by atoms with Crippen LogP contribution in [0.15, 0.2) is 42.5 Å². The van der Waals surface area contributed by atoms with Gasteiger partial charge in [-0.3, -0.25) is 0 Å². The molecule has 0 atom stereocenters. The van der Waals surface area contributed by atoms with Gasteiger partial charge in [0.2, 0.25) is 5.95 Å². The maximum Gasteiger partial charge on any atom is 0.416 e. The first kappa shape index (κ1) is 17.3. The van der Waals surface area contributed by atoms with E-state index in [9.17, 15) is 17.6 Å². The van der Waals surface area contributed by atoms with Crippen molar-refractivity contribution < 1.29 is 17.6 Å². The van der Waals surface area contributed by atoms with E-state index in [-0.39, 0.29) is 12.1 Å². The molecule has 0 radical (unpaired) electrons. The van der Waals surface area contributed by atoms with Crippen molar-refractivity contribution in [3.05, 3.63) is 59.4 Å². The Hall–Kier alpha value is -2.57. The maximum atomic E-state index is 13.7. The highest BCUT2D eigenvalue weighted by Gasteiger charge is 2.33. The lowest BCUT2D eigenvalue weighted by Crippen LogP contribution is -2.28. The highest BCUT2D eigenvalue weighted by atomic mass is 19.4. The van der Waals surface area contributed by atoms with E-state index in [1.54, 1.807) is 13.8 Å². The van der Waals surface area contributed by atoms with Gasteiger partial charge in [-0.15, -0.1) is 0 Å². The number of fused-ring (bicyclic) bond motifs is 1. The normalized spacial score (nSPS) is 12.6. The number of halogens is 4. The Bertz CT molecular complexity index is 864. The molecule has 3 aromatic rings. The molecule has 0 saturated carbocycles. The fourth-order valence-corrected chi connectivity index (χ4v) is 2.59. The maximum absolute atomic E-state index is 13.7. The quantitative estimate of drug-likeness (QED) is 0.641. The molecule has 0 bridgehead atoms. The molecule has 2 N–H and O–H groups in total. The van der Waals surface area contributed by atoms with Crippen molar-refractivity contribution in [2.24, 2.45) is 0 Å². The number of imidazole rings is 1. The van der Waals surface area contributed by atoms with Gasteiger partial charge in [0.05, 0.1) is 16.6 Å². The van der Waals surface area contributed by atoms with E-state index in [4.69, 9.17) is 0 Å². The third kappa shape index (κ3) is 3.75. The van der Waals surface area contributed by atoms with Crippen LogP contribution in [0.2, 0.25) is 0 Å². The Labute approximate surface area is 142 Å². The molecule has 3 rings (SSSR count). The van der Waals surface area contributed by atoms with Gasteiger partial charge in [-0.05, 0) is 35.9 Å². The van der Waals surface area contributed by atoms with Crippen molar-refractivity contribution in [3.63, 3.8) is 0 Å². The summed E-state index contributed by atoms with van der Waals surface area (Å²) in [6.07, 6.45) is -4.58. The number of alkyl halides is 3. The van der Waals surface area contributed by atoms with Crippen LogP contribution < -0.4 is 5.32 Å². The lowest BCUT2D eigenvalue weighted by Gasteiger charge is -2.26.